The predicted molar refractivity (Wildman–Crippen MR) is 105 cm³/mol. The summed E-state index contributed by atoms with van der Waals surface area (Å²) in [4.78, 5) is 23.2. The number of hydrogen-bond donors (Lipinski definition) is 3. The molecule has 0 fully saturated rings. The van der Waals surface area contributed by atoms with E-state index in [0.717, 1.165) is 11.3 Å². The van der Waals surface area contributed by atoms with Gasteiger partial charge in [0.2, 0.25) is 11.8 Å². The highest BCUT2D eigenvalue weighted by Crippen LogP contribution is 2.30. The number of carbonyl (C=O) groups is 2. The third-order valence-electron chi connectivity index (χ3n) is 3.61. The van der Waals surface area contributed by atoms with Gasteiger partial charge in [0.1, 0.15) is 5.75 Å². The van der Waals surface area contributed by atoms with Gasteiger partial charge in [-0.1, -0.05) is 17.7 Å². The van der Waals surface area contributed by atoms with Gasteiger partial charge >= 0.3 is 0 Å². The fraction of sp³-hybridized carbons (Fsp3) is 0.263. The zero-order valence-electron chi connectivity index (χ0n) is 15.0. The largest absolute Gasteiger partial charge is 0.495 e. The molecule has 3 N–H and O–H groups in total. The number of rotatable bonds is 7. The second kappa shape index (κ2) is 9.10. The van der Waals surface area contributed by atoms with E-state index < -0.39 is 0 Å². The van der Waals surface area contributed by atoms with E-state index in [4.69, 9.17) is 16.3 Å². The van der Waals surface area contributed by atoms with E-state index in [2.05, 4.69) is 16.0 Å². The summed E-state index contributed by atoms with van der Waals surface area (Å²) in [6.45, 7) is 3.78. The van der Waals surface area contributed by atoms with Crippen molar-refractivity contribution in [3.8, 4) is 5.75 Å². The number of halogens is 1. The van der Waals surface area contributed by atoms with E-state index in [0.29, 0.717) is 28.7 Å². The quantitative estimate of drug-likeness (QED) is 0.682. The highest BCUT2D eigenvalue weighted by atomic mass is 35.5. The molecule has 2 aromatic rings. The lowest BCUT2D eigenvalue weighted by atomic mass is 10.2. The van der Waals surface area contributed by atoms with Crippen molar-refractivity contribution in [3.63, 3.8) is 0 Å². The fourth-order valence-electron chi connectivity index (χ4n) is 2.38. The van der Waals surface area contributed by atoms with Crippen molar-refractivity contribution in [1.82, 2.24) is 0 Å². The summed E-state index contributed by atoms with van der Waals surface area (Å²) in [6.07, 6.45) is 0.273. The van der Waals surface area contributed by atoms with Crippen LogP contribution < -0.4 is 20.7 Å². The maximum Gasteiger partial charge on any atom is 0.226 e. The number of nitrogens with one attached hydrogen (secondary N) is 3. The van der Waals surface area contributed by atoms with Gasteiger partial charge in [0.05, 0.1) is 12.8 Å². The summed E-state index contributed by atoms with van der Waals surface area (Å²) in [5.41, 5.74) is 2.97. The van der Waals surface area contributed by atoms with E-state index in [9.17, 15) is 9.59 Å². The lowest BCUT2D eigenvalue weighted by molar-refractivity contribution is -0.116. The van der Waals surface area contributed by atoms with Crippen LogP contribution in [0.3, 0.4) is 0 Å². The van der Waals surface area contributed by atoms with Crippen molar-refractivity contribution >= 4 is 40.5 Å². The van der Waals surface area contributed by atoms with Crippen molar-refractivity contribution < 1.29 is 14.3 Å². The molecule has 0 saturated carbocycles. The Morgan fingerprint density at radius 3 is 2.46 bits per heavy atom. The van der Waals surface area contributed by atoms with Gasteiger partial charge in [0.25, 0.3) is 0 Å². The Kier molecular flexibility index (Phi) is 6.86. The van der Waals surface area contributed by atoms with Gasteiger partial charge in [-0.15, -0.1) is 0 Å². The van der Waals surface area contributed by atoms with E-state index in [-0.39, 0.29) is 18.2 Å². The van der Waals surface area contributed by atoms with Crippen LogP contribution in [0, 0.1) is 6.92 Å². The first-order valence-electron chi connectivity index (χ1n) is 8.14. The Bertz CT molecular complexity index is 809. The maximum atomic E-state index is 12.1. The molecule has 0 spiro atoms. The highest BCUT2D eigenvalue weighted by molar-refractivity contribution is 6.31. The number of methoxy groups -OCH3 is 1. The smallest absolute Gasteiger partial charge is 0.226 e. The maximum absolute atomic E-state index is 12.1. The minimum atomic E-state index is -0.162. The predicted octanol–water partition coefficient (Wildman–Crippen LogP) is 4.06. The Balaban J connectivity index is 1.90. The number of hydrogen-bond acceptors (Lipinski definition) is 4. The summed E-state index contributed by atoms with van der Waals surface area (Å²) in [5.74, 6) is 0.330. The van der Waals surface area contributed by atoms with Gasteiger partial charge in [-0.05, 0) is 36.8 Å². The lowest BCUT2D eigenvalue weighted by Gasteiger charge is -2.13. The third-order valence-corrected chi connectivity index (χ3v) is 4.02. The van der Waals surface area contributed by atoms with Crippen LogP contribution in [0.5, 0.6) is 5.75 Å². The lowest BCUT2D eigenvalue weighted by Crippen LogP contribution is -2.16. The van der Waals surface area contributed by atoms with Gasteiger partial charge in [-0.2, -0.15) is 0 Å². The van der Waals surface area contributed by atoms with Crippen LogP contribution in [0.25, 0.3) is 0 Å². The van der Waals surface area contributed by atoms with Crippen molar-refractivity contribution in [2.75, 3.05) is 29.6 Å². The summed E-state index contributed by atoms with van der Waals surface area (Å²) in [7, 11) is 1.57. The number of benzene rings is 2. The molecule has 2 amide bonds. The third kappa shape index (κ3) is 5.67. The first kappa shape index (κ1) is 19.6. The second-order valence-electron chi connectivity index (χ2n) is 5.79. The Hall–Kier alpha value is -2.73. The van der Waals surface area contributed by atoms with E-state index >= 15 is 0 Å². The van der Waals surface area contributed by atoms with E-state index in [1.807, 2.05) is 13.0 Å². The van der Waals surface area contributed by atoms with Gasteiger partial charge in [0.15, 0.2) is 0 Å². The van der Waals surface area contributed by atoms with Gasteiger partial charge < -0.3 is 20.7 Å². The monoisotopic (exact) mass is 375 g/mol. The van der Waals surface area contributed by atoms with E-state index in [1.165, 1.54) is 6.92 Å². The minimum absolute atomic E-state index is 0.137. The zero-order chi connectivity index (χ0) is 19.1. The SMILES string of the molecule is COc1cc(Cl)c(C)cc1NCCC(=O)Nc1cccc(NC(C)=O)c1. The molecule has 0 heterocycles. The molecule has 0 saturated heterocycles. The molecule has 2 aromatic carbocycles. The van der Waals surface area contributed by atoms with Crippen LogP contribution in [-0.2, 0) is 9.59 Å². The number of anilines is 3. The van der Waals surface area contributed by atoms with Gasteiger partial charge in [-0.3, -0.25) is 9.59 Å². The van der Waals surface area contributed by atoms with Crippen LogP contribution >= 0.6 is 11.6 Å². The molecule has 6 nitrogen and oxygen atoms in total. The number of amides is 2. The topological polar surface area (TPSA) is 79.5 Å². The van der Waals surface area contributed by atoms with Crippen molar-refractivity contribution in [2.45, 2.75) is 20.3 Å². The molecular formula is C19H22ClN3O3. The summed E-state index contributed by atoms with van der Waals surface area (Å²) in [6, 6.07) is 10.6. The summed E-state index contributed by atoms with van der Waals surface area (Å²) < 4.78 is 5.30. The molecule has 0 atom stereocenters. The molecule has 138 valence electrons. The first-order chi connectivity index (χ1) is 12.4. The Labute approximate surface area is 157 Å². The molecule has 7 heteroatoms. The molecule has 2 rings (SSSR count). The van der Waals surface area contributed by atoms with Crippen molar-refractivity contribution in [3.05, 3.63) is 47.0 Å². The second-order valence-corrected chi connectivity index (χ2v) is 6.20. The summed E-state index contributed by atoms with van der Waals surface area (Å²) in [5, 5.41) is 9.30. The molecular weight excluding hydrogens is 354 g/mol. The first-order valence-corrected chi connectivity index (χ1v) is 8.52. The molecule has 0 aliphatic carbocycles. The Morgan fingerprint density at radius 2 is 1.81 bits per heavy atom. The number of carbonyl (C=O) groups excluding carboxylic acids is 2. The normalized spacial score (nSPS) is 10.2. The van der Waals surface area contributed by atoms with Crippen LogP contribution in [0.2, 0.25) is 5.02 Å². The van der Waals surface area contributed by atoms with Gasteiger partial charge in [-0.25, -0.2) is 0 Å². The average molecular weight is 376 g/mol. The summed E-state index contributed by atoms with van der Waals surface area (Å²) >= 11 is 6.09. The van der Waals surface area contributed by atoms with Crippen molar-refractivity contribution in [2.24, 2.45) is 0 Å². The van der Waals surface area contributed by atoms with Gasteiger partial charge in [0, 0.05) is 42.4 Å². The highest BCUT2D eigenvalue weighted by Gasteiger charge is 2.08. The molecule has 0 bridgehead atoms. The zero-order valence-corrected chi connectivity index (χ0v) is 15.7. The van der Waals surface area contributed by atoms with Crippen LogP contribution in [0.4, 0.5) is 17.1 Å². The number of ether oxygens (including phenoxy) is 1. The van der Waals surface area contributed by atoms with Crippen LogP contribution in [0.15, 0.2) is 36.4 Å². The number of aryl methyl sites for hydroxylation is 1. The van der Waals surface area contributed by atoms with E-state index in [1.54, 1.807) is 37.4 Å². The standard InChI is InChI=1S/C19H22ClN3O3/c1-12-9-17(18(26-3)11-16(12)20)21-8-7-19(25)23-15-6-4-5-14(10-15)22-13(2)24/h4-6,9-11,21H,7-8H2,1-3H3,(H,22,24)(H,23,25). The fourth-order valence-corrected chi connectivity index (χ4v) is 2.54. The molecule has 26 heavy (non-hydrogen) atoms. The Morgan fingerprint density at radius 1 is 1.12 bits per heavy atom. The van der Waals surface area contributed by atoms with Crippen molar-refractivity contribution in [1.29, 1.82) is 0 Å². The molecule has 0 aromatic heterocycles. The molecule has 0 aliphatic rings. The average Bonchev–Trinajstić information content (AvgIpc) is 2.57. The molecule has 0 unspecified atom stereocenters. The molecule has 0 aliphatic heterocycles. The minimum Gasteiger partial charge on any atom is -0.495 e. The van der Waals surface area contributed by atoms with Crippen LogP contribution in [-0.4, -0.2) is 25.5 Å². The molecule has 0 radical (unpaired) electrons. The van der Waals surface area contributed by atoms with Crippen LogP contribution in [0.1, 0.15) is 18.9 Å².